The fourth-order valence-corrected chi connectivity index (χ4v) is 0.662. The van der Waals surface area contributed by atoms with Gasteiger partial charge in [0, 0.05) is 12.5 Å². The highest BCUT2D eigenvalue weighted by molar-refractivity contribution is 5.58. The molecule has 1 aromatic rings. The van der Waals surface area contributed by atoms with E-state index in [0.717, 1.165) is 5.57 Å². The van der Waals surface area contributed by atoms with Gasteiger partial charge in [0.1, 0.15) is 0 Å². The summed E-state index contributed by atoms with van der Waals surface area (Å²) in [5.41, 5.74) is 2.26. The van der Waals surface area contributed by atoms with Crippen LogP contribution in [0.5, 0.6) is 0 Å². The molecule has 0 aliphatic rings. The van der Waals surface area contributed by atoms with Crippen molar-refractivity contribution in [2.45, 2.75) is 27.7 Å². The monoisotopic (exact) mass is 152 g/mol. The van der Waals surface area contributed by atoms with E-state index in [0.29, 0.717) is 11.8 Å². The zero-order valence-corrected chi connectivity index (χ0v) is 7.30. The van der Waals surface area contributed by atoms with Crippen LogP contribution < -0.4 is 0 Å². The second-order valence-electron chi connectivity index (χ2n) is 2.75. The number of nitrogens with zero attached hydrogens (tertiary/aromatic N) is 2. The predicted octanol–water partition coefficient (Wildman–Crippen LogP) is 2.19. The van der Waals surface area contributed by atoms with Crippen LogP contribution in [0.25, 0.3) is 5.57 Å². The molecule has 0 aliphatic heterocycles. The third-order valence-electron chi connectivity index (χ3n) is 1.60. The van der Waals surface area contributed by atoms with Gasteiger partial charge in [-0.15, -0.1) is 10.2 Å². The zero-order valence-electron chi connectivity index (χ0n) is 7.30. The number of hydrogen-bond donors (Lipinski definition) is 0. The fourth-order valence-electron chi connectivity index (χ4n) is 0.662. The van der Waals surface area contributed by atoms with E-state index < -0.39 is 0 Å². The van der Waals surface area contributed by atoms with Gasteiger partial charge in [-0.3, -0.25) is 0 Å². The van der Waals surface area contributed by atoms with E-state index in [1.54, 1.807) is 6.92 Å². The maximum Gasteiger partial charge on any atom is 0.243 e. The molecule has 1 rings (SSSR count). The van der Waals surface area contributed by atoms with Gasteiger partial charge in [-0.2, -0.15) is 0 Å². The largest absolute Gasteiger partial charge is 0.421 e. The smallest absolute Gasteiger partial charge is 0.243 e. The minimum absolute atomic E-state index is 0.612. The molecule has 0 amide bonds. The van der Waals surface area contributed by atoms with E-state index in [-0.39, 0.29) is 0 Å². The van der Waals surface area contributed by atoms with Crippen molar-refractivity contribution in [3.8, 4) is 0 Å². The highest BCUT2D eigenvalue weighted by Crippen LogP contribution is 2.15. The Morgan fingerprint density at radius 3 is 2.18 bits per heavy atom. The molecule has 3 nitrogen and oxygen atoms in total. The van der Waals surface area contributed by atoms with E-state index in [1.165, 1.54) is 5.57 Å². The highest BCUT2D eigenvalue weighted by Gasteiger charge is 2.04. The van der Waals surface area contributed by atoms with Crippen LogP contribution in [0.4, 0.5) is 0 Å². The summed E-state index contributed by atoms with van der Waals surface area (Å²) in [5, 5.41) is 7.63. The maximum absolute atomic E-state index is 5.23. The second-order valence-corrected chi connectivity index (χ2v) is 2.75. The molecule has 0 spiro atoms. The third-order valence-corrected chi connectivity index (χ3v) is 1.60. The van der Waals surface area contributed by atoms with Crippen LogP contribution in [-0.2, 0) is 0 Å². The summed E-state index contributed by atoms with van der Waals surface area (Å²) >= 11 is 0. The molecule has 3 heteroatoms. The normalized spacial score (nSPS) is 9.82. The predicted molar refractivity (Wildman–Crippen MR) is 43.0 cm³/mol. The average Bonchev–Trinajstić information content (AvgIpc) is 2.34. The van der Waals surface area contributed by atoms with Crippen molar-refractivity contribution < 1.29 is 4.42 Å². The first-order valence-corrected chi connectivity index (χ1v) is 3.56. The summed E-state index contributed by atoms with van der Waals surface area (Å²) in [6.45, 7) is 7.81. The Labute approximate surface area is 66.1 Å². The van der Waals surface area contributed by atoms with Crippen molar-refractivity contribution in [3.63, 3.8) is 0 Å². The van der Waals surface area contributed by atoms with E-state index in [4.69, 9.17) is 4.42 Å². The number of rotatable bonds is 1. The Bertz CT molecular complexity index is 282. The first-order valence-electron chi connectivity index (χ1n) is 3.56. The highest BCUT2D eigenvalue weighted by atomic mass is 16.4. The Morgan fingerprint density at radius 2 is 1.82 bits per heavy atom. The lowest BCUT2D eigenvalue weighted by Crippen LogP contribution is -1.81. The van der Waals surface area contributed by atoms with Crippen molar-refractivity contribution in [1.29, 1.82) is 0 Å². The Balaban J connectivity index is 3.03. The molecule has 0 bridgehead atoms. The number of allylic oxidation sites excluding steroid dienone is 2. The molecular weight excluding hydrogens is 140 g/mol. The molecule has 1 aromatic heterocycles. The van der Waals surface area contributed by atoms with Crippen LogP contribution in [0.1, 0.15) is 32.6 Å². The van der Waals surface area contributed by atoms with Gasteiger partial charge in [0.25, 0.3) is 0 Å². The summed E-state index contributed by atoms with van der Waals surface area (Å²) in [6.07, 6.45) is 0. The van der Waals surface area contributed by atoms with Crippen LogP contribution in [0, 0.1) is 6.92 Å². The number of aryl methyl sites for hydroxylation is 1. The molecule has 0 saturated carbocycles. The molecule has 1 heterocycles. The maximum atomic E-state index is 5.23. The van der Waals surface area contributed by atoms with Gasteiger partial charge in [0.05, 0.1) is 0 Å². The van der Waals surface area contributed by atoms with Crippen molar-refractivity contribution in [1.82, 2.24) is 10.2 Å². The molecule has 0 atom stereocenters. The van der Waals surface area contributed by atoms with E-state index >= 15 is 0 Å². The van der Waals surface area contributed by atoms with Crippen molar-refractivity contribution in [3.05, 3.63) is 17.4 Å². The molecule has 0 N–H and O–H groups in total. The molecule has 0 aromatic carbocycles. The molecule has 60 valence electrons. The molecule has 0 unspecified atom stereocenters. The summed E-state index contributed by atoms with van der Waals surface area (Å²) in [4.78, 5) is 0. The van der Waals surface area contributed by atoms with Gasteiger partial charge in [-0.25, -0.2) is 0 Å². The van der Waals surface area contributed by atoms with Gasteiger partial charge >= 0.3 is 0 Å². The summed E-state index contributed by atoms with van der Waals surface area (Å²) in [5.74, 6) is 1.24. The van der Waals surface area contributed by atoms with Crippen LogP contribution in [0.3, 0.4) is 0 Å². The topological polar surface area (TPSA) is 38.9 Å². The molecule has 0 radical (unpaired) electrons. The van der Waals surface area contributed by atoms with Gasteiger partial charge < -0.3 is 4.42 Å². The number of aromatic nitrogens is 2. The van der Waals surface area contributed by atoms with Crippen LogP contribution in [0.2, 0.25) is 0 Å². The van der Waals surface area contributed by atoms with Crippen LogP contribution in [-0.4, -0.2) is 10.2 Å². The Morgan fingerprint density at radius 1 is 1.18 bits per heavy atom. The molecule has 0 aliphatic carbocycles. The lowest BCUT2D eigenvalue weighted by Gasteiger charge is -1.94. The van der Waals surface area contributed by atoms with Crippen LogP contribution in [0.15, 0.2) is 9.99 Å². The molecule has 11 heavy (non-hydrogen) atoms. The summed E-state index contributed by atoms with van der Waals surface area (Å²) in [6, 6.07) is 0. The van der Waals surface area contributed by atoms with Crippen molar-refractivity contribution in [2.24, 2.45) is 0 Å². The third kappa shape index (κ3) is 1.67. The zero-order chi connectivity index (χ0) is 8.43. The fraction of sp³-hybridized carbons (Fsp3) is 0.500. The van der Waals surface area contributed by atoms with Gasteiger partial charge in [-0.05, 0) is 20.8 Å². The van der Waals surface area contributed by atoms with Crippen molar-refractivity contribution in [2.75, 3.05) is 0 Å². The molecule has 0 saturated heterocycles. The lowest BCUT2D eigenvalue weighted by atomic mass is 10.2. The molecule has 0 fully saturated rings. The number of hydrogen-bond acceptors (Lipinski definition) is 3. The van der Waals surface area contributed by atoms with Crippen molar-refractivity contribution >= 4 is 5.57 Å². The van der Waals surface area contributed by atoms with E-state index in [9.17, 15) is 0 Å². The minimum atomic E-state index is 0.612. The molecular formula is C8H12N2O. The second kappa shape index (κ2) is 2.86. The SMILES string of the molecule is CC(C)=C(C)c1nnc(C)o1. The van der Waals surface area contributed by atoms with E-state index in [1.807, 2.05) is 20.8 Å². The van der Waals surface area contributed by atoms with E-state index in [2.05, 4.69) is 10.2 Å². The first kappa shape index (κ1) is 7.98. The summed E-state index contributed by atoms with van der Waals surface area (Å²) < 4.78 is 5.23. The first-order chi connectivity index (χ1) is 5.11. The minimum Gasteiger partial charge on any atom is -0.421 e. The quantitative estimate of drug-likeness (QED) is 0.619. The standard InChI is InChI=1S/C8H12N2O/c1-5(2)6(3)8-10-9-7(4)11-8/h1-4H3. The Kier molecular flexibility index (Phi) is 2.08. The average molecular weight is 152 g/mol. The Hall–Kier alpha value is -1.12. The summed E-state index contributed by atoms with van der Waals surface area (Å²) in [7, 11) is 0. The van der Waals surface area contributed by atoms with Crippen LogP contribution >= 0.6 is 0 Å². The van der Waals surface area contributed by atoms with Gasteiger partial charge in [0.15, 0.2) is 0 Å². The van der Waals surface area contributed by atoms with Gasteiger partial charge in [-0.1, -0.05) is 5.57 Å². The lowest BCUT2D eigenvalue weighted by molar-refractivity contribution is 0.505. The van der Waals surface area contributed by atoms with Gasteiger partial charge in [0.2, 0.25) is 11.8 Å².